The SMILES string of the molecule is COc1c(CNc2c(F)cc(F)cc2Br)c(C)nn1C. The summed E-state index contributed by atoms with van der Waals surface area (Å²) in [6.45, 7) is 2.17. The normalized spacial score (nSPS) is 10.7. The minimum Gasteiger partial charge on any atom is -0.481 e. The second-order valence-electron chi connectivity index (χ2n) is 4.29. The molecule has 1 aromatic heterocycles. The average molecular weight is 346 g/mol. The molecule has 2 rings (SSSR count). The van der Waals surface area contributed by atoms with Gasteiger partial charge in [0.1, 0.15) is 11.6 Å². The third kappa shape index (κ3) is 2.77. The molecule has 0 spiro atoms. The number of ether oxygens (including phenoxy) is 1. The van der Waals surface area contributed by atoms with Gasteiger partial charge in [-0.1, -0.05) is 0 Å². The van der Waals surface area contributed by atoms with Gasteiger partial charge >= 0.3 is 0 Å². The van der Waals surface area contributed by atoms with E-state index in [0.717, 1.165) is 17.3 Å². The summed E-state index contributed by atoms with van der Waals surface area (Å²) in [5, 5.41) is 7.17. The summed E-state index contributed by atoms with van der Waals surface area (Å²) >= 11 is 3.14. The Bertz CT molecular complexity index is 620. The van der Waals surface area contributed by atoms with E-state index < -0.39 is 11.6 Å². The second kappa shape index (κ2) is 5.78. The molecule has 0 atom stereocenters. The zero-order valence-corrected chi connectivity index (χ0v) is 12.9. The lowest BCUT2D eigenvalue weighted by molar-refractivity contribution is 0.369. The number of benzene rings is 1. The maximum absolute atomic E-state index is 13.7. The maximum Gasteiger partial charge on any atom is 0.216 e. The summed E-state index contributed by atoms with van der Waals surface area (Å²) in [5.74, 6) is -0.680. The van der Waals surface area contributed by atoms with Crippen molar-refractivity contribution in [3.05, 3.63) is 39.5 Å². The standard InChI is InChI=1S/C13H14BrF2N3O/c1-7-9(13(20-3)19(2)18-7)6-17-12-10(14)4-8(15)5-11(12)16/h4-5,17H,6H2,1-3H3. The van der Waals surface area contributed by atoms with Crippen LogP contribution in [0.5, 0.6) is 5.88 Å². The molecule has 0 fully saturated rings. The van der Waals surface area contributed by atoms with Crippen LogP contribution in [0.4, 0.5) is 14.5 Å². The number of hydrogen-bond acceptors (Lipinski definition) is 3. The van der Waals surface area contributed by atoms with Crippen LogP contribution in [0.3, 0.4) is 0 Å². The van der Waals surface area contributed by atoms with E-state index in [0.29, 0.717) is 16.9 Å². The number of rotatable bonds is 4. The Kier molecular flexibility index (Phi) is 4.27. The van der Waals surface area contributed by atoms with Crippen LogP contribution in [-0.4, -0.2) is 16.9 Å². The molecule has 0 saturated carbocycles. The third-order valence-electron chi connectivity index (χ3n) is 2.93. The lowest BCUT2D eigenvalue weighted by Gasteiger charge is -2.11. The van der Waals surface area contributed by atoms with Crippen LogP contribution in [-0.2, 0) is 13.6 Å². The fraction of sp³-hybridized carbons (Fsp3) is 0.308. The number of nitrogens with one attached hydrogen (secondary N) is 1. The zero-order chi connectivity index (χ0) is 14.9. The predicted octanol–water partition coefficient (Wildman–Crippen LogP) is 3.39. The van der Waals surface area contributed by atoms with Gasteiger partial charge in [0.2, 0.25) is 5.88 Å². The van der Waals surface area contributed by atoms with Gasteiger partial charge in [0.15, 0.2) is 0 Å². The van der Waals surface area contributed by atoms with Gasteiger partial charge in [-0.2, -0.15) is 5.10 Å². The first-order valence-corrected chi connectivity index (χ1v) is 6.68. The summed E-state index contributed by atoms with van der Waals surface area (Å²) in [6.07, 6.45) is 0. The lowest BCUT2D eigenvalue weighted by atomic mass is 10.2. The van der Waals surface area contributed by atoms with Crippen molar-refractivity contribution >= 4 is 21.6 Å². The van der Waals surface area contributed by atoms with E-state index in [2.05, 4.69) is 26.3 Å². The molecule has 1 N–H and O–H groups in total. The molecule has 0 aliphatic heterocycles. The van der Waals surface area contributed by atoms with E-state index in [1.54, 1.807) is 18.8 Å². The molecular formula is C13H14BrF2N3O. The van der Waals surface area contributed by atoms with Crippen molar-refractivity contribution in [2.75, 3.05) is 12.4 Å². The summed E-state index contributed by atoms with van der Waals surface area (Å²) in [7, 11) is 3.32. The molecule has 0 aliphatic rings. The van der Waals surface area contributed by atoms with E-state index in [9.17, 15) is 8.78 Å². The molecule has 4 nitrogen and oxygen atoms in total. The number of hydrogen-bond donors (Lipinski definition) is 1. The molecule has 2 aromatic rings. The molecule has 1 heterocycles. The number of nitrogens with zero attached hydrogens (tertiary/aromatic N) is 2. The van der Waals surface area contributed by atoms with Gasteiger partial charge in [0, 0.05) is 24.1 Å². The van der Waals surface area contributed by atoms with E-state index in [4.69, 9.17) is 4.74 Å². The Labute approximate surface area is 123 Å². The molecular weight excluding hydrogens is 332 g/mol. The maximum atomic E-state index is 13.7. The molecule has 0 saturated heterocycles. The van der Waals surface area contributed by atoms with Crippen LogP contribution < -0.4 is 10.1 Å². The molecule has 0 bridgehead atoms. The molecule has 7 heteroatoms. The number of anilines is 1. The summed E-state index contributed by atoms with van der Waals surface area (Å²) in [4.78, 5) is 0. The Morgan fingerprint density at radius 1 is 1.40 bits per heavy atom. The smallest absolute Gasteiger partial charge is 0.216 e. The molecule has 1 aromatic carbocycles. The Balaban J connectivity index is 2.26. The predicted molar refractivity (Wildman–Crippen MR) is 75.9 cm³/mol. The van der Waals surface area contributed by atoms with E-state index in [-0.39, 0.29) is 5.69 Å². The highest BCUT2D eigenvalue weighted by Gasteiger charge is 2.15. The highest BCUT2D eigenvalue weighted by Crippen LogP contribution is 2.29. The van der Waals surface area contributed by atoms with Gasteiger partial charge < -0.3 is 10.1 Å². The van der Waals surface area contributed by atoms with Gasteiger partial charge in [-0.15, -0.1) is 0 Å². The van der Waals surface area contributed by atoms with Crippen LogP contribution in [0.2, 0.25) is 0 Å². The van der Waals surface area contributed by atoms with Crippen molar-refractivity contribution in [3.8, 4) is 5.88 Å². The van der Waals surface area contributed by atoms with Gasteiger partial charge in [0.25, 0.3) is 0 Å². The third-order valence-corrected chi connectivity index (χ3v) is 3.56. The first-order chi connectivity index (χ1) is 9.43. The number of aryl methyl sites for hydroxylation is 2. The first kappa shape index (κ1) is 14.8. The fourth-order valence-corrected chi connectivity index (χ4v) is 2.58. The Hall–Kier alpha value is -1.63. The van der Waals surface area contributed by atoms with Gasteiger partial charge in [-0.05, 0) is 28.9 Å². The molecule has 0 amide bonds. The fourth-order valence-electron chi connectivity index (χ4n) is 2.03. The molecule has 20 heavy (non-hydrogen) atoms. The summed E-state index contributed by atoms with van der Waals surface area (Å²) in [6, 6.07) is 2.04. The topological polar surface area (TPSA) is 39.1 Å². The molecule has 0 aliphatic carbocycles. The van der Waals surface area contributed by atoms with Crippen molar-refractivity contribution in [1.82, 2.24) is 9.78 Å². The van der Waals surface area contributed by atoms with Crippen molar-refractivity contribution in [2.45, 2.75) is 13.5 Å². The Morgan fingerprint density at radius 2 is 2.10 bits per heavy atom. The first-order valence-electron chi connectivity index (χ1n) is 5.89. The Morgan fingerprint density at radius 3 is 2.70 bits per heavy atom. The van der Waals surface area contributed by atoms with Crippen LogP contribution in [0.15, 0.2) is 16.6 Å². The van der Waals surface area contributed by atoms with Crippen molar-refractivity contribution in [1.29, 1.82) is 0 Å². The minimum atomic E-state index is -0.655. The number of aromatic nitrogens is 2. The van der Waals surface area contributed by atoms with Crippen LogP contribution in [0.1, 0.15) is 11.3 Å². The van der Waals surface area contributed by atoms with Crippen molar-refractivity contribution in [2.24, 2.45) is 7.05 Å². The number of halogens is 3. The lowest BCUT2D eigenvalue weighted by Crippen LogP contribution is -2.05. The monoisotopic (exact) mass is 345 g/mol. The van der Waals surface area contributed by atoms with E-state index in [1.165, 1.54) is 6.07 Å². The minimum absolute atomic E-state index is 0.205. The van der Waals surface area contributed by atoms with Crippen LogP contribution >= 0.6 is 15.9 Å². The molecule has 108 valence electrons. The second-order valence-corrected chi connectivity index (χ2v) is 5.15. The average Bonchev–Trinajstić information content (AvgIpc) is 2.62. The zero-order valence-electron chi connectivity index (χ0n) is 11.3. The number of methoxy groups -OCH3 is 1. The van der Waals surface area contributed by atoms with Crippen LogP contribution in [0.25, 0.3) is 0 Å². The quantitative estimate of drug-likeness (QED) is 0.923. The van der Waals surface area contributed by atoms with E-state index in [1.807, 2.05) is 6.92 Å². The van der Waals surface area contributed by atoms with Gasteiger partial charge in [-0.25, -0.2) is 13.5 Å². The molecule has 0 unspecified atom stereocenters. The summed E-state index contributed by atoms with van der Waals surface area (Å²) < 4.78 is 33.9. The van der Waals surface area contributed by atoms with E-state index >= 15 is 0 Å². The van der Waals surface area contributed by atoms with Crippen LogP contribution in [0, 0.1) is 18.6 Å². The van der Waals surface area contributed by atoms with Gasteiger partial charge in [0.05, 0.1) is 24.1 Å². The highest BCUT2D eigenvalue weighted by molar-refractivity contribution is 9.10. The van der Waals surface area contributed by atoms with Crippen molar-refractivity contribution < 1.29 is 13.5 Å². The molecule has 0 radical (unpaired) electrons. The van der Waals surface area contributed by atoms with Crippen molar-refractivity contribution in [3.63, 3.8) is 0 Å². The van der Waals surface area contributed by atoms with Gasteiger partial charge in [-0.3, -0.25) is 0 Å². The largest absolute Gasteiger partial charge is 0.481 e. The highest BCUT2D eigenvalue weighted by atomic mass is 79.9. The summed E-state index contributed by atoms with van der Waals surface area (Å²) in [5.41, 5.74) is 1.82.